The molecule has 0 amide bonds. The lowest BCUT2D eigenvalue weighted by atomic mass is 9.97. The number of aryl methyl sites for hydroxylation is 1. The van der Waals surface area contributed by atoms with Gasteiger partial charge in [0, 0.05) is 33.3 Å². The highest BCUT2D eigenvalue weighted by Gasteiger charge is 2.54. The summed E-state index contributed by atoms with van der Waals surface area (Å²) in [5.41, 5.74) is 1.65. The first-order valence-electron chi connectivity index (χ1n) is 12.3. The van der Waals surface area contributed by atoms with Crippen molar-refractivity contribution in [3.05, 3.63) is 64.2 Å². The molecule has 0 bridgehead atoms. The number of benzene rings is 1. The Balaban J connectivity index is 1.56. The quantitative estimate of drug-likeness (QED) is 0.235. The highest BCUT2D eigenvalue weighted by Crippen LogP contribution is 2.48. The summed E-state index contributed by atoms with van der Waals surface area (Å²) in [6, 6.07) is 6.03. The number of alkyl halides is 2. The summed E-state index contributed by atoms with van der Waals surface area (Å²) >= 11 is 3.62. The van der Waals surface area contributed by atoms with E-state index in [1.807, 2.05) is 12.1 Å². The molecule has 0 saturated heterocycles. The highest BCUT2D eigenvalue weighted by atomic mass is 79.9. The van der Waals surface area contributed by atoms with Gasteiger partial charge in [-0.2, -0.15) is 4.39 Å². The molecule has 8 nitrogen and oxygen atoms in total. The maximum Gasteiger partial charge on any atom is 0.263 e. The fourth-order valence-corrected chi connectivity index (χ4v) is 4.89. The maximum atomic E-state index is 13.9. The highest BCUT2D eigenvalue weighted by molar-refractivity contribution is 9.10. The predicted octanol–water partition coefficient (Wildman–Crippen LogP) is 6.24. The molecule has 1 unspecified atom stereocenters. The molecule has 3 aromatic heterocycles. The topological polar surface area (TPSA) is 93.4 Å². The first kappa shape index (κ1) is 26.3. The molecule has 38 heavy (non-hydrogen) atoms. The van der Waals surface area contributed by atoms with E-state index in [1.165, 1.54) is 23.3 Å². The van der Waals surface area contributed by atoms with Crippen LogP contribution in [0.1, 0.15) is 56.6 Å². The second-order valence-corrected chi connectivity index (χ2v) is 11.7. The van der Waals surface area contributed by atoms with E-state index in [0.29, 0.717) is 47.8 Å². The van der Waals surface area contributed by atoms with Crippen LogP contribution in [0.4, 0.5) is 24.7 Å². The molecular formula is C26H28BrF3N8. The summed E-state index contributed by atoms with van der Waals surface area (Å²) in [6.07, 6.45) is 1.18. The second kappa shape index (κ2) is 9.79. The number of hydrogen-bond acceptors (Lipinski definition) is 7. The van der Waals surface area contributed by atoms with Gasteiger partial charge in [0.25, 0.3) is 6.43 Å². The summed E-state index contributed by atoms with van der Waals surface area (Å²) in [4.78, 5) is 12.8. The molecule has 1 atom stereocenters. The van der Waals surface area contributed by atoms with E-state index < -0.39 is 24.0 Å². The lowest BCUT2D eigenvalue weighted by Gasteiger charge is -2.22. The van der Waals surface area contributed by atoms with Gasteiger partial charge in [-0.1, -0.05) is 32.1 Å². The molecular weight excluding hydrogens is 561 g/mol. The van der Waals surface area contributed by atoms with E-state index in [0.717, 1.165) is 15.4 Å². The second-order valence-electron chi connectivity index (χ2n) is 10.9. The number of aromatic nitrogens is 6. The molecule has 0 radical (unpaired) electrons. The largest absolute Gasteiger partial charge is 0.373 e. The number of fused-ring (bicyclic) bond motifs is 1. The van der Waals surface area contributed by atoms with Crippen LogP contribution in [0.5, 0.6) is 0 Å². The Labute approximate surface area is 226 Å². The van der Waals surface area contributed by atoms with Gasteiger partial charge < -0.3 is 10.6 Å². The number of hydrogen-bond donors (Lipinski definition) is 2. The van der Waals surface area contributed by atoms with E-state index in [9.17, 15) is 13.2 Å². The first-order chi connectivity index (χ1) is 18.0. The molecule has 1 saturated carbocycles. The van der Waals surface area contributed by atoms with Gasteiger partial charge >= 0.3 is 0 Å². The van der Waals surface area contributed by atoms with Crippen LogP contribution in [-0.2, 0) is 5.54 Å². The minimum absolute atomic E-state index is 0.0333. The van der Waals surface area contributed by atoms with Crippen molar-refractivity contribution in [2.24, 2.45) is 5.41 Å². The fourth-order valence-electron chi connectivity index (χ4n) is 4.32. The Morgan fingerprint density at radius 2 is 1.92 bits per heavy atom. The van der Waals surface area contributed by atoms with E-state index in [4.69, 9.17) is 0 Å². The standard InChI is InChI=1S/C26H28BrF3N8/c1-14-16(5-6-20(28)34-14)22(19-11-38(37-36-19)26(7-8-26)24(29)30)35-15-9-17-21(18(27)10-15)32-13-33-23(17)31-12-25(2,3)4/h5-6,9-11,13,22,24,35H,7-8,12H2,1-4H3,(H,31,32,33). The average Bonchev–Trinajstić information content (AvgIpc) is 3.52. The molecule has 3 heterocycles. The summed E-state index contributed by atoms with van der Waals surface area (Å²) in [6.45, 7) is 8.78. The molecule has 5 rings (SSSR count). The number of pyridine rings is 1. The molecule has 4 aromatic rings. The maximum absolute atomic E-state index is 13.9. The molecule has 1 aliphatic rings. The number of anilines is 2. The van der Waals surface area contributed by atoms with Crippen molar-refractivity contribution in [3.8, 4) is 0 Å². The van der Waals surface area contributed by atoms with Crippen molar-refractivity contribution >= 4 is 38.3 Å². The summed E-state index contributed by atoms with van der Waals surface area (Å²) in [5, 5.41) is 15.9. The minimum atomic E-state index is -2.55. The van der Waals surface area contributed by atoms with Gasteiger partial charge in [0.05, 0.1) is 17.8 Å². The molecule has 1 fully saturated rings. The first-order valence-corrected chi connectivity index (χ1v) is 13.0. The molecule has 2 N–H and O–H groups in total. The zero-order valence-corrected chi connectivity index (χ0v) is 23.0. The van der Waals surface area contributed by atoms with Crippen molar-refractivity contribution in [1.29, 1.82) is 0 Å². The Kier molecular flexibility index (Phi) is 6.79. The normalized spacial score (nSPS) is 15.6. The third-order valence-electron chi connectivity index (χ3n) is 6.62. The number of halogens is 4. The Morgan fingerprint density at radius 1 is 1.16 bits per heavy atom. The van der Waals surface area contributed by atoms with Crippen LogP contribution < -0.4 is 10.6 Å². The average molecular weight is 589 g/mol. The van der Waals surface area contributed by atoms with Crippen molar-refractivity contribution in [3.63, 3.8) is 0 Å². The van der Waals surface area contributed by atoms with Crippen molar-refractivity contribution in [2.45, 2.75) is 58.5 Å². The van der Waals surface area contributed by atoms with Gasteiger partial charge in [-0.3, -0.25) is 0 Å². The van der Waals surface area contributed by atoms with Crippen molar-refractivity contribution in [2.75, 3.05) is 17.2 Å². The lowest BCUT2D eigenvalue weighted by molar-refractivity contribution is 0.0593. The van der Waals surface area contributed by atoms with Gasteiger partial charge in [0.2, 0.25) is 5.95 Å². The number of rotatable bonds is 8. The van der Waals surface area contributed by atoms with E-state index in [1.54, 1.807) is 13.0 Å². The summed E-state index contributed by atoms with van der Waals surface area (Å²) in [5.74, 6) is 0.0764. The van der Waals surface area contributed by atoms with Crippen LogP contribution in [0.25, 0.3) is 10.9 Å². The number of nitrogens with zero attached hydrogens (tertiary/aromatic N) is 6. The molecule has 200 valence electrons. The molecule has 0 spiro atoms. The van der Waals surface area contributed by atoms with Crippen LogP contribution in [0, 0.1) is 18.3 Å². The SMILES string of the molecule is Cc1nc(F)ccc1C(Nc1cc(Br)c2ncnc(NCC(C)(C)C)c2c1)c1cn(C2(C(F)F)CC2)nn1. The monoisotopic (exact) mass is 588 g/mol. The molecule has 1 aliphatic carbocycles. The van der Waals surface area contributed by atoms with E-state index in [-0.39, 0.29) is 5.41 Å². The minimum Gasteiger partial charge on any atom is -0.373 e. The van der Waals surface area contributed by atoms with Crippen LogP contribution in [0.3, 0.4) is 0 Å². The molecule has 12 heteroatoms. The zero-order valence-electron chi connectivity index (χ0n) is 21.4. The van der Waals surface area contributed by atoms with Gasteiger partial charge in [0.15, 0.2) is 0 Å². The van der Waals surface area contributed by atoms with Crippen LogP contribution >= 0.6 is 15.9 Å². The van der Waals surface area contributed by atoms with Crippen LogP contribution in [0.15, 0.2) is 41.3 Å². The predicted molar refractivity (Wildman–Crippen MR) is 143 cm³/mol. The smallest absolute Gasteiger partial charge is 0.263 e. The Bertz CT molecular complexity index is 1480. The summed E-state index contributed by atoms with van der Waals surface area (Å²) < 4.78 is 43.3. The molecule has 1 aromatic carbocycles. The molecule has 0 aliphatic heterocycles. The third kappa shape index (κ3) is 5.18. The van der Waals surface area contributed by atoms with Gasteiger partial charge in [0.1, 0.15) is 23.4 Å². The van der Waals surface area contributed by atoms with E-state index >= 15 is 0 Å². The summed E-state index contributed by atoms with van der Waals surface area (Å²) in [7, 11) is 0. The zero-order chi connectivity index (χ0) is 27.2. The Morgan fingerprint density at radius 3 is 2.58 bits per heavy atom. The van der Waals surface area contributed by atoms with Gasteiger partial charge in [-0.25, -0.2) is 28.4 Å². The number of nitrogens with one attached hydrogen (secondary N) is 2. The van der Waals surface area contributed by atoms with Crippen molar-refractivity contribution in [1.82, 2.24) is 29.9 Å². The van der Waals surface area contributed by atoms with Crippen LogP contribution in [0.2, 0.25) is 0 Å². The third-order valence-corrected chi connectivity index (χ3v) is 7.23. The lowest BCUT2D eigenvalue weighted by Crippen LogP contribution is -2.26. The van der Waals surface area contributed by atoms with Gasteiger partial charge in [-0.15, -0.1) is 5.10 Å². The van der Waals surface area contributed by atoms with Gasteiger partial charge in [-0.05, 0) is 59.3 Å². The van der Waals surface area contributed by atoms with E-state index in [2.05, 4.69) is 72.6 Å². The van der Waals surface area contributed by atoms with Crippen LogP contribution in [-0.4, -0.2) is 42.9 Å². The fraction of sp³-hybridized carbons (Fsp3) is 0.423. The Hall–Kier alpha value is -3.28. The van der Waals surface area contributed by atoms with Crippen molar-refractivity contribution < 1.29 is 13.2 Å².